The molecule has 3 aromatic heterocycles. The van der Waals surface area contributed by atoms with Crippen LogP contribution < -0.4 is 4.90 Å². The molecule has 1 aliphatic heterocycles. The zero-order valence-corrected chi connectivity index (χ0v) is 27.6. The Morgan fingerprint density at radius 3 is 1.55 bits per heavy atom. The molecule has 0 spiro atoms. The van der Waals surface area contributed by atoms with Gasteiger partial charge in [-0.15, -0.1) is 22.7 Å². The highest BCUT2D eigenvalue weighted by molar-refractivity contribution is 7.26. The fourth-order valence-electron chi connectivity index (χ4n) is 7.53. The third kappa shape index (κ3) is 3.93. The van der Waals surface area contributed by atoms with Crippen molar-refractivity contribution in [3.05, 3.63) is 146 Å². The highest BCUT2D eigenvalue weighted by Gasteiger charge is 2.29. The molecule has 49 heavy (non-hydrogen) atoms. The predicted molar refractivity (Wildman–Crippen MR) is 208 cm³/mol. The number of thiophene rings is 2. The van der Waals surface area contributed by atoms with E-state index in [2.05, 4.69) is 150 Å². The first kappa shape index (κ1) is 27.0. The molecule has 0 N–H and O–H groups in total. The number of benzene rings is 7. The topological polar surface area (TPSA) is 41.9 Å². The second kappa shape index (κ2) is 10.3. The molecule has 7 aromatic carbocycles. The number of hydrogen-bond donors (Lipinski definition) is 0. The molecular weight excluding hydrogens is 637 g/mol. The lowest BCUT2D eigenvalue weighted by atomic mass is 9.91. The van der Waals surface area contributed by atoms with Gasteiger partial charge in [-0.05, 0) is 47.3 Å². The van der Waals surface area contributed by atoms with Crippen molar-refractivity contribution >= 4 is 91.1 Å². The number of nitrogens with zero attached hydrogens (tertiary/aromatic N) is 4. The molecule has 0 saturated heterocycles. The molecule has 1 aliphatic rings. The van der Waals surface area contributed by atoms with Crippen molar-refractivity contribution in [3.63, 3.8) is 0 Å². The van der Waals surface area contributed by atoms with Crippen LogP contribution in [-0.2, 0) is 0 Å². The van der Waals surface area contributed by atoms with Crippen LogP contribution in [0.25, 0.3) is 85.0 Å². The molecule has 4 heterocycles. The van der Waals surface area contributed by atoms with E-state index in [1.165, 1.54) is 56.7 Å². The predicted octanol–water partition coefficient (Wildman–Crippen LogP) is 12.5. The summed E-state index contributed by atoms with van der Waals surface area (Å²) < 4.78 is 4.86. The molecule has 11 rings (SSSR count). The van der Waals surface area contributed by atoms with Crippen LogP contribution in [-0.4, -0.2) is 15.0 Å². The van der Waals surface area contributed by atoms with E-state index in [-0.39, 0.29) is 0 Å². The molecular formula is C43H24N4S2. The molecule has 0 fully saturated rings. The Morgan fingerprint density at radius 2 is 0.878 bits per heavy atom. The van der Waals surface area contributed by atoms with E-state index >= 15 is 0 Å². The number of rotatable bonds is 3. The molecule has 0 amide bonds. The van der Waals surface area contributed by atoms with Crippen molar-refractivity contribution < 1.29 is 0 Å². The van der Waals surface area contributed by atoms with Gasteiger partial charge in [0, 0.05) is 62.4 Å². The van der Waals surface area contributed by atoms with Crippen molar-refractivity contribution in [2.45, 2.75) is 0 Å². The first-order valence-electron chi connectivity index (χ1n) is 16.3. The van der Waals surface area contributed by atoms with Gasteiger partial charge in [0.2, 0.25) is 5.95 Å². The van der Waals surface area contributed by atoms with E-state index in [0.29, 0.717) is 17.6 Å². The van der Waals surface area contributed by atoms with E-state index in [1.807, 2.05) is 0 Å². The summed E-state index contributed by atoms with van der Waals surface area (Å²) in [5, 5.41) is 7.33. The summed E-state index contributed by atoms with van der Waals surface area (Å²) in [6.07, 6.45) is 0. The number of anilines is 3. The van der Waals surface area contributed by atoms with Gasteiger partial charge in [0.05, 0.1) is 11.4 Å². The van der Waals surface area contributed by atoms with Gasteiger partial charge < -0.3 is 0 Å². The number of hydrogen-bond acceptors (Lipinski definition) is 6. The van der Waals surface area contributed by atoms with E-state index in [9.17, 15) is 0 Å². The standard InChI is InChI=1S/C43H24N4S2/c1-4-21-34-26(13-1)29-16-7-11-25-12-8-22-35(38(25)29)47(34)43-45-41(32-19-9-17-30-27-14-2-5-23-36(27)48-39(30)32)44-42(46-43)33-20-10-18-31-28-15-3-6-24-37(28)49-40(31)33/h1-24H. The van der Waals surface area contributed by atoms with Crippen molar-refractivity contribution in [1.29, 1.82) is 0 Å². The SMILES string of the molecule is c1ccc2c(c1)-c1cccc3cccc(c13)N2c1nc(-c2cccc3c2sc2ccccc23)nc(-c2cccc3c2sc2ccccc23)n1. The minimum atomic E-state index is 0.602. The third-order valence-corrected chi connectivity index (χ3v) is 12.1. The molecule has 0 bridgehead atoms. The smallest absolute Gasteiger partial charge is 0.238 e. The molecule has 0 aliphatic carbocycles. The summed E-state index contributed by atoms with van der Waals surface area (Å²) in [6.45, 7) is 0. The maximum absolute atomic E-state index is 5.37. The lowest BCUT2D eigenvalue weighted by molar-refractivity contribution is 1.03. The van der Waals surface area contributed by atoms with E-state index in [4.69, 9.17) is 15.0 Å². The summed E-state index contributed by atoms with van der Waals surface area (Å²) in [4.78, 5) is 18.3. The second-order valence-electron chi connectivity index (χ2n) is 12.4. The summed E-state index contributed by atoms with van der Waals surface area (Å²) >= 11 is 3.59. The summed E-state index contributed by atoms with van der Waals surface area (Å²) in [5.41, 5.74) is 6.52. The average Bonchev–Trinajstić information content (AvgIpc) is 3.74. The van der Waals surface area contributed by atoms with Crippen LogP contribution in [0.5, 0.6) is 0 Å². The van der Waals surface area contributed by atoms with Crippen LogP contribution in [0, 0.1) is 0 Å². The van der Waals surface area contributed by atoms with Crippen LogP contribution in [0.2, 0.25) is 0 Å². The van der Waals surface area contributed by atoms with Crippen molar-refractivity contribution in [1.82, 2.24) is 15.0 Å². The van der Waals surface area contributed by atoms with Crippen molar-refractivity contribution in [2.24, 2.45) is 0 Å². The summed E-state index contributed by atoms with van der Waals surface area (Å²) in [6, 6.07) is 51.8. The summed E-state index contributed by atoms with van der Waals surface area (Å²) in [5.74, 6) is 1.93. The minimum Gasteiger partial charge on any atom is -0.278 e. The monoisotopic (exact) mass is 660 g/mol. The Bertz CT molecular complexity index is 2840. The van der Waals surface area contributed by atoms with Gasteiger partial charge >= 0.3 is 0 Å². The van der Waals surface area contributed by atoms with Gasteiger partial charge in [-0.2, -0.15) is 9.97 Å². The quantitative estimate of drug-likeness (QED) is 0.189. The largest absolute Gasteiger partial charge is 0.278 e. The zero-order valence-electron chi connectivity index (χ0n) is 26.0. The average molecular weight is 661 g/mol. The van der Waals surface area contributed by atoms with Crippen LogP contribution in [0.1, 0.15) is 0 Å². The van der Waals surface area contributed by atoms with Crippen molar-refractivity contribution in [2.75, 3.05) is 4.90 Å². The molecule has 0 atom stereocenters. The molecule has 228 valence electrons. The molecule has 0 unspecified atom stereocenters. The minimum absolute atomic E-state index is 0.602. The highest BCUT2D eigenvalue weighted by atomic mass is 32.1. The van der Waals surface area contributed by atoms with Gasteiger partial charge in [0.15, 0.2) is 11.6 Å². The molecule has 0 saturated carbocycles. The Kier molecular flexibility index (Phi) is 5.67. The van der Waals surface area contributed by atoms with E-state index < -0.39 is 0 Å². The van der Waals surface area contributed by atoms with Gasteiger partial charge in [-0.3, -0.25) is 4.90 Å². The Balaban J connectivity index is 1.24. The Morgan fingerprint density at radius 1 is 0.388 bits per heavy atom. The number of aromatic nitrogens is 3. The zero-order chi connectivity index (χ0) is 32.1. The summed E-state index contributed by atoms with van der Waals surface area (Å²) in [7, 11) is 0. The van der Waals surface area contributed by atoms with Gasteiger partial charge in [-0.25, -0.2) is 4.98 Å². The highest BCUT2D eigenvalue weighted by Crippen LogP contribution is 2.51. The van der Waals surface area contributed by atoms with Crippen LogP contribution in [0.15, 0.2) is 146 Å². The second-order valence-corrected chi connectivity index (χ2v) is 14.5. The maximum Gasteiger partial charge on any atom is 0.238 e. The van der Waals surface area contributed by atoms with Crippen LogP contribution in [0.4, 0.5) is 17.3 Å². The fraction of sp³-hybridized carbons (Fsp3) is 0. The van der Waals surface area contributed by atoms with Crippen molar-refractivity contribution in [3.8, 4) is 33.9 Å². The number of fused-ring (bicyclic) bond motifs is 8. The van der Waals surface area contributed by atoms with Gasteiger partial charge in [0.25, 0.3) is 0 Å². The van der Waals surface area contributed by atoms with E-state index in [1.54, 1.807) is 22.7 Å². The Labute approximate surface area is 289 Å². The number of para-hydroxylation sites is 1. The lowest BCUT2D eigenvalue weighted by Gasteiger charge is -2.32. The first-order valence-corrected chi connectivity index (χ1v) is 17.9. The Hall–Kier alpha value is -5.95. The fourth-order valence-corrected chi connectivity index (χ4v) is 9.95. The maximum atomic E-state index is 5.37. The van der Waals surface area contributed by atoms with Gasteiger partial charge in [-0.1, -0.05) is 109 Å². The van der Waals surface area contributed by atoms with E-state index in [0.717, 1.165) is 28.1 Å². The van der Waals surface area contributed by atoms with Crippen LogP contribution in [0.3, 0.4) is 0 Å². The molecule has 4 nitrogen and oxygen atoms in total. The molecule has 10 aromatic rings. The first-order chi connectivity index (χ1) is 24.3. The third-order valence-electron chi connectivity index (χ3n) is 9.67. The van der Waals surface area contributed by atoms with Gasteiger partial charge in [0.1, 0.15) is 0 Å². The molecule has 6 heteroatoms. The molecule has 0 radical (unpaired) electrons. The lowest BCUT2D eigenvalue weighted by Crippen LogP contribution is -2.18. The normalized spacial score (nSPS) is 12.4. The van der Waals surface area contributed by atoms with Crippen LogP contribution >= 0.6 is 22.7 Å².